The van der Waals surface area contributed by atoms with E-state index in [4.69, 9.17) is 0 Å². The number of fused-ring (bicyclic) bond motifs is 1. The molecule has 2 aromatic heterocycles. The predicted octanol–water partition coefficient (Wildman–Crippen LogP) is 3.85. The molecule has 26 heavy (non-hydrogen) atoms. The van der Waals surface area contributed by atoms with E-state index < -0.39 is 0 Å². The molecule has 130 valence electrons. The zero-order chi connectivity index (χ0) is 18.1. The number of hydrogen-bond acceptors (Lipinski definition) is 4. The van der Waals surface area contributed by atoms with Crippen molar-refractivity contribution in [2.24, 2.45) is 0 Å². The van der Waals surface area contributed by atoms with Gasteiger partial charge in [-0.2, -0.15) is 5.10 Å². The zero-order valence-electron chi connectivity index (χ0n) is 13.9. The molecule has 0 saturated heterocycles. The molecule has 0 radical (unpaired) electrons. The van der Waals surface area contributed by atoms with Gasteiger partial charge < -0.3 is 0 Å². The second kappa shape index (κ2) is 6.76. The lowest BCUT2D eigenvalue weighted by atomic mass is 10.2. The number of aryl methyl sites for hydroxylation is 1. The van der Waals surface area contributed by atoms with Gasteiger partial charge in [0.05, 0.1) is 11.9 Å². The smallest absolute Gasteiger partial charge is 0.268 e. The molecule has 0 atom stereocenters. The first-order valence-corrected chi connectivity index (χ1v) is 9.02. The minimum atomic E-state index is -0.271. The molecule has 0 spiro atoms. The lowest BCUT2D eigenvalue weighted by Gasteiger charge is -2.14. The molecule has 0 unspecified atom stereocenters. The summed E-state index contributed by atoms with van der Waals surface area (Å²) in [5.41, 5.74) is 2.49. The van der Waals surface area contributed by atoms with Gasteiger partial charge in [-0.25, -0.2) is 9.37 Å². The Bertz CT molecular complexity index is 1150. The van der Waals surface area contributed by atoms with Gasteiger partial charge in [0.1, 0.15) is 11.2 Å². The molecular weight excluding hydrogens is 351 g/mol. The number of para-hydroxylation sites is 1. The molecule has 0 bridgehead atoms. The van der Waals surface area contributed by atoms with Crippen LogP contribution in [0.4, 0.5) is 4.39 Å². The van der Waals surface area contributed by atoms with Crippen molar-refractivity contribution in [3.05, 3.63) is 82.0 Å². The van der Waals surface area contributed by atoms with Crippen LogP contribution in [0.2, 0.25) is 0 Å². The lowest BCUT2D eigenvalue weighted by Crippen LogP contribution is -2.22. The molecule has 0 amide bonds. The Labute approximate surface area is 152 Å². The summed E-state index contributed by atoms with van der Waals surface area (Å²) in [5.74, 6) is 0.0948. The molecule has 2 heterocycles. The van der Waals surface area contributed by atoms with Gasteiger partial charge in [-0.1, -0.05) is 48.2 Å². The quantitative estimate of drug-likeness (QED) is 0.440. The number of rotatable bonds is 4. The number of nitrogens with one attached hydrogen (secondary N) is 1. The first-order chi connectivity index (χ1) is 12.6. The van der Waals surface area contributed by atoms with Crippen LogP contribution < -0.4 is 5.56 Å². The third-order valence-corrected chi connectivity index (χ3v) is 5.11. The molecule has 1 N–H and O–H groups in total. The number of nitrogens with zero attached hydrogens (tertiary/aromatic N) is 3. The van der Waals surface area contributed by atoms with Gasteiger partial charge in [0.25, 0.3) is 5.56 Å². The van der Waals surface area contributed by atoms with Crippen molar-refractivity contribution >= 4 is 22.8 Å². The number of aromatic nitrogens is 4. The summed E-state index contributed by atoms with van der Waals surface area (Å²) >= 11 is 1.31. The molecule has 0 aliphatic carbocycles. The molecule has 0 aliphatic heterocycles. The van der Waals surface area contributed by atoms with Crippen molar-refractivity contribution in [3.8, 4) is 5.69 Å². The fraction of sp³-hybridized carbons (Fsp3) is 0.105. The summed E-state index contributed by atoms with van der Waals surface area (Å²) in [6, 6.07) is 14.2. The highest BCUT2D eigenvalue weighted by Gasteiger charge is 2.16. The van der Waals surface area contributed by atoms with Crippen molar-refractivity contribution in [2.75, 3.05) is 0 Å². The fourth-order valence-electron chi connectivity index (χ4n) is 2.76. The van der Waals surface area contributed by atoms with E-state index in [2.05, 4.69) is 15.2 Å². The maximum atomic E-state index is 13.9. The number of aromatic amines is 1. The average Bonchev–Trinajstić information content (AvgIpc) is 3.11. The lowest BCUT2D eigenvalue weighted by molar-refractivity contribution is 0.617. The highest BCUT2D eigenvalue weighted by Crippen LogP contribution is 2.26. The van der Waals surface area contributed by atoms with Crippen LogP contribution in [0, 0.1) is 12.7 Å². The van der Waals surface area contributed by atoms with Gasteiger partial charge in [-0.05, 0) is 30.2 Å². The molecular formula is C19H15FN4OS. The monoisotopic (exact) mass is 366 g/mol. The van der Waals surface area contributed by atoms with E-state index in [1.807, 2.05) is 31.2 Å². The van der Waals surface area contributed by atoms with E-state index in [9.17, 15) is 9.18 Å². The maximum absolute atomic E-state index is 13.9. The van der Waals surface area contributed by atoms with E-state index in [1.54, 1.807) is 22.8 Å². The van der Waals surface area contributed by atoms with E-state index in [-0.39, 0.29) is 11.4 Å². The van der Waals surface area contributed by atoms with Gasteiger partial charge in [0.2, 0.25) is 0 Å². The molecule has 0 aliphatic rings. The highest BCUT2D eigenvalue weighted by molar-refractivity contribution is 7.98. The summed E-state index contributed by atoms with van der Waals surface area (Å²) < 4.78 is 15.5. The van der Waals surface area contributed by atoms with Crippen LogP contribution in [0.1, 0.15) is 11.1 Å². The van der Waals surface area contributed by atoms with Crippen LogP contribution in [0.15, 0.2) is 64.7 Å². The van der Waals surface area contributed by atoms with Crippen molar-refractivity contribution in [1.82, 2.24) is 19.7 Å². The maximum Gasteiger partial charge on any atom is 0.269 e. The summed E-state index contributed by atoms with van der Waals surface area (Å²) in [6.07, 6.45) is 1.48. The average molecular weight is 366 g/mol. The number of H-pyrrole nitrogens is 1. The van der Waals surface area contributed by atoms with E-state index in [0.29, 0.717) is 27.5 Å². The minimum absolute atomic E-state index is 0.200. The second-order valence-electron chi connectivity index (χ2n) is 5.83. The van der Waals surface area contributed by atoms with Crippen LogP contribution in [-0.4, -0.2) is 19.7 Å². The number of benzene rings is 2. The molecule has 4 rings (SSSR count). The Morgan fingerprint density at radius 3 is 2.73 bits per heavy atom. The Hall–Kier alpha value is -2.93. The van der Waals surface area contributed by atoms with E-state index in [0.717, 1.165) is 11.3 Å². The molecule has 2 aromatic carbocycles. The summed E-state index contributed by atoms with van der Waals surface area (Å²) in [6.45, 7) is 1.94. The third-order valence-electron chi connectivity index (χ3n) is 4.12. The standard InChI is InChI=1S/C19H15FN4OS/c1-12-6-2-5-9-16(12)24-18(25)14-10-21-23-17(14)22-19(24)26-11-13-7-3-4-8-15(13)20/h2-10H,11H2,1H3,(H,21,23). The fourth-order valence-corrected chi connectivity index (χ4v) is 3.74. The Balaban J connectivity index is 1.85. The van der Waals surface area contributed by atoms with Crippen LogP contribution in [0.25, 0.3) is 16.7 Å². The van der Waals surface area contributed by atoms with E-state index in [1.165, 1.54) is 24.0 Å². The Morgan fingerprint density at radius 1 is 1.15 bits per heavy atom. The summed E-state index contributed by atoms with van der Waals surface area (Å²) in [4.78, 5) is 17.6. The topological polar surface area (TPSA) is 63.6 Å². The van der Waals surface area contributed by atoms with Crippen molar-refractivity contribution in [2.45, 2.75) is 17.8 Å². The molecule has 7 heteroatoms. The molecule has 5 nitrogen and oxygen atoms in total. The van der Waals surface area contributed by atoms with Crippen molar-refractivity contribution < 1.29 is 4.39 Å². The highest BCUT2D eigenvalue weighted by atomic mass is 32.2. The summed E-state index contributed by atoms with van der Waals surface area (Å²) in [7, 11) is 0. The van der Waals surface area contributed by atoms with Crippen LogP contribution in [0.5, 0.6) is 0 Å². The zero-order valence-corrected chi connectivity index (χ0v) is 14.8. The first-order valence-electron chi connectivity index (χ1n) is 8.03. The SMILES string of the molecule is Cc1ccccc1-n1c(SCc2ccccc2F)nc2[nH]ncc2c1=O. The predicted molar refractivity (Wildman–Crippen MR) is 100 cm³/mol. The van der Waals surface area contributed by atoms with Gasteiger partial charge in [0.15, 0.2) is 10.8 Å². The normalized spacial score (nSPS) is 11.2. The van der Waals surface area contributed by atoms with Crippen molar-refractivity contribution in [1.29, 1.82) is 0 Å². The molecule has 0 saturated carbocycles. The molecule has 0 fully saturated rings. The number of thioether (sulfide) groups is 1. The largest absolute Gasteiger partial charge is 0.269 e. The minimum Gasteiger partial charge on any atom is -0.268 e. The molecule has 4 aromatic rings. The van der Waals surface area contributed by atoms with Gasteiger partial charge in [-0.15, -0.1) is 0 Å². The van der Waals surface area contributed by atoms with E-state index >= 15 is 0 Å². The van der Waals surface area contributed by atoms with Crippen LogP contribution >= 0.6 is 11.8 Å². The van der Waals surface area contributed by atoms with Gasteiger partial charge in [0, 0.05) is 5.75 Å². The van der Waals surface area contributed by atoms with Crippen LogP contribution in [0.3, 0.4) is 0 Å². The Morgan fingerprint density at radius 2 is 1.92 bits per heavy atom. The number of halogens is 1. The first kappa shape index (κ1) is 16.5. The van der Waals surface area contributed by atoms with Gasteiger partial charge in [-0.3, -0.25) is 14.5 Å². The third kappa shape index (κ3) is 2.90. The number of hydrogen-bond donors (Lipinski definition) is 1. The summed E-state index contributed by atoms with van der Waals surface area (Å²) in [5, 5.41) is 7.57. The van der Waals surface area contributed by atoms with Crippen molar-refractivity contribution in [3.63, 3.8) is 0 Å². The second-order valence-corrected chi connectivity index (χ2v) is 6.78. The van der Waals surface area contributed by atoms with Gasteiger partial charge >= 0.3 is 0 Å². The van der Waals surface area contributed by atoms with Crippen LogP contribution in [-0.2, 0) is 5.75 Å². The Kier molecular flexibility index (Phi) is 4.30.